The van der Waals surface area contributed by atoms with Crippen LogP contribution in [0.3, 0.4) is 0 Å². The van der Waals surface area contributed by atoms with E-state index >= 15 is 0 Å². The van der Waals surface area contributed by atoms with Crippen molar-refractivity contribution in [3.05, 3.63) is 35.4 Å². The highest BCUT2D eigenvalue weighted by molar-refractivity contribution is 5.18. The molecule has 0 bridgehead atoms. The molecule has 0 amide bonds. The molecule has 1 aromatic carbocycles. The first-order valence-corrected chi connectivity index (χ1v) is 7.88. The molecule has 0 saturated heterocycles. The van der Waals surface area contributed by atoms with Gasteiger partial charge in [0, 0.05) is 12.1 Å². The molecule has 1 unspecified atom stereocenters. The van der Waals surface area contributed by atoms with Crippen molar-refractivity contribution >= 4 is 0 Å². The van der Waals surface area contributed by atoms with E-state index in [1.54, 1.807) is 6.07 Å². The number of nitrogens with one attached hydrogen (secondary N) is 1. The minimum atomic E-state index is -0.497. The highest BCUT2D eigenvalue weighted by Crippen LogP contribution is 2.29. The van der Waals surface area contributed by atoms with Gasteiger partial charge in [0.05, 0.1) is 0 Å². The van der Waals surface area contributed by atoms with Crippen molar-refractivity contribution < 1.29 is 8.78 Å². The number of halogens is 2. The first-order chi connectivity index (χ1) is 9.70. The Bertz CT molecular complexity index is 413. The van der Waals surface area contributed by atoms with Crippen molar-refractivity contribution in [2.45, 2.75) is 57.9 Å². The van der Waals surface area contributed by atoms with E-state index in [0.717, 1.165) is 31.4 Å². The van der Waals surface area contributed by atoms with E-state index < -0.39 is 11.6 Å². The van der Waals surface area contributed by atoms with Crippen LogP contribution in [0, 0.1) is 17.6 Å². The summed E-state index contributed by atoms with van der Waals surface area (Å²) < 4.78 is 26.6. The molecule has 20 heavy (non-hydrogen) atoms. The van der Waals surface area contributed by atoms with Crippen LogP contribution in [-0.4, -0.2) is 12.6 Å². The van der Waals surface area contributed by atoms with Crippen LogP contribution in [0.2, 0.25) is 0 Å². The van der Waals surface area contributed by atoms with Gasteiger partial charge in [0.1, 0.15) is 11.6 Å². The fourth-order valence-corrected chi connectivity index (χ4v) is 3.23. The number of aryl methyl sites for hydroxylation is 1. The third kappa shape index (κ3) is 4.27. The van der Waals surface area contributed by atoms with Crippen LogP contribution in [0.5, 0.6) is 0 Å². The molecule has 1 fully saturated rings. The largest absolute Gasteiger partial charge is 0.314 e. The lowest BCUT2D eigenvalue weighted by atomic mass is 9.92. The highest BCUT2D eigenvalue weighted by Gasteiger charge is 2.24. The lowest BCUT2D eigenvalue weighted by molar-refractivity contribution is 0.339. The van der Waals surface area contributed by atoms with E-state index in [4.69, 9.17) is 0 Å². The van der Waals surface area contributed by atoms with Crippen molar-refractivity contribution in [1.29, 1.82) is 0 Å². The Morgan fingerprint density at radius 3 is 2.65 bits per heavy atom. The summed E-state index contributed by atoms with van der Waals surface area (Å²) >= 11 is 0. The van der Waals surface area contributed by atoms with Gasteiger partial charge in [-0.3, -0.25) is 0 Å². The van der Waals surface area contributed by atoms with Crippen molar-refractivity contribution in [3.8, 4) is 0 Å². The van der Waals surface area contributed by atoms with E-state index in [1.165, 1.54) is 31.7 Å². The second-order valence-electron chi connectivity index (χ2n) is 5.88. The Kier molecular flexibility index (Phi) is 5.96. The molecule has 0 radical (unpaired) electrons. The molecular weight excluding hydrogens is 256 g/mol. The second-order valence-corrected chi connectivity index (χ2v) is 5.88. The normalized spacial score (nSPS) is 17.6. The van der Waals surface area contributed by atoms with Crippen LogP contribution >= 0.6 is 0 Å². The number of rotatable bonds is 7. The van der Waals surface area contributed by atoms with Gasteiger partial charge < -0.3 is 5.32 Å². The summed E-state index contributed by atoms with van der Waals surface area (Å²) in [7, 11) is 0. The molecule has 0 spiro atoms. The van der Waals surface area contributed by atoms with Crippen LogP contribution in [0.4, 0.5) is 8.78 Å². The molecule has 0 aliphatic heterocycles. The zero-order valence-corrected chi connectivity index (χ0v) is 12.3. The minimum absolute atomic E-state index is 0.411. The van der Waals surface area contributed by atoms with Crippen molar-refractivity contribution in [2.75, 3.05) is 6.54 Å². The maximum Gasteiger partial charge on any atom is 0.129 e. The summed E-state index contributed by atoms with van der Waals surface area (Å²) in [4.78, 5) is 0. The molecule has 1 nitrogen and oxygen atoms in total. The monoisotopic (exact) mass is 281 g/mol. The number of hydrogen-bond donors (Lipinski definition) is 1. The Balaban J connectivity index is 1.93. The second kappa shape index (κ2) is 7.72. The van der Waals surface area contributed by atoms with Crippen LogP contribution in [-0.2, 0) is 6.42 Å². The van der Waals surface area contributed by atoms with Gasteiger partial charge >= 0.3 is 0 Å². The molecule has 1 aromatic rings. The summed E-state index contributed by atoms with van der Waals surface area (Å²) in [5.41, 5.74) is 0.632. The summed E-state index contributed by atoms with van der Waals surface area (Å²) in [5, 5.41) is 3.62. The maximum absolute atomic E-state index is 13.7. The van der Waals surface area contributed by atoms with Gasteiger partial charge in [-0.2, -0.15) is 0 Å². The van der Waals surface area contributed by atoms with Gasteiger partial charge in [-0.15, -0.1) is 0 Å². The third-order valence-corrected chi connectivity index (χ3v) is 4.37. The predicted molar refractivity (Wildman–Crippen MR) is 78.7 cm³/mol. The van der Waals surface area contributed by atoms with Crippen LogP contribution < -0.4 is 5.32 Å². The molecule has 0 heterocycles. The van der Waals surface area contributed by atoms with Gasteiger partial charge in [0.15, 0.2) is 0 Å². The molecule has 1 aliphatic rings. The van der Waals surface area contributed by atoms with Gasteiger partial charge in [-0.05, 0) is 56.2 Å². The number of hydrogen-bond acceptors (Lipinski definition) is 1. The Morgan fingerprint density at radius 1 is 1.25 bits per heavy atom. The minimum Gasteiger partial charge on any atom is -0.314 e. The van der Waals surface area contributed by atoms with E-state index in [1.807, 2.05) is 0 Å². The molecule has 112 valence electrons. The van der Waals surface area contributed by atoms with Crippen molar-refractivity contribution in [3.63, 3.8) is 0 Å². The molecule has 3 heteroatoms. The Hall–Kier alpha value is -0.960. The quantitative estimate of drug-likeness (QED) is 0.778. The van der Waals surface area contributed by atoms with Crippen LogP contribution in [0.1, 0.15) is 51.0 Å². The molecule has 1 saturated carbocycles. The molecule has 2 rings (SSSR count). The van der Waals surface area contributed by atoms with E-state index in [2.05, 4.69) is 12.2 Å². The average Bonchev–Trinajstić information content (AvgIpc) is 2.95. The van der Waals surface area contributed by atoms with Gasteiger partial charge in [0.2, 0.25) is 0 Å². The lowest BCUT2D eigenvalue weighted by Crippen LogP contribution is -2.36. The summed E-state index contributed by atoms with van der Waals surface area (Å²) in [6.45, 7) is 3.19. The predicted octanol–water partition coefficient (Wildman–Crippen LogP) is 4.46. The summed E-state index contributed by atoms with van der Waals surface area (Å²) in [6, 6.07) is 4.39. The van der Waals surface area contributed by atoms with Crippen molar-refractivity contribution in [2.24, 2.45) is 5.92 Å². The van der Waals surface area contributed by atoms with Gasteiger partial charge in [0.25, 0.3) is 0 Å². The lowest BCUT2D eigenvalue weighted by Gasteiger charge is -2.25. The topological polar surface area (TPSA) is 12.0 Å². The Labute approximate surface area is 120 Å². The fourth-order valence-electron chi connectivity index (χ4n) is 3.23. The zero-order valence-electron chi connectivity index (χ0n) is 12.3. The maximum atomic E-state index is 13.7. The molecule has 0 aromatic heterocycles. The summed E-state index contributed by atoms with van der Waals surface area (Å²) in [5.74, 6) is -0.182. The first kappa shape index (κ1) is 15.4. The van der Waals surface area contributed by atoms with E-state index in [0.29, 0.717) is 18.0 Å². The average molecular weight is 281 g/mol. The summed E-state index contributed by atoms with van der Waals surface area (Å²) in [6.07, 6.45) is 7.95. The zero-order chi connectivity index (χ0) is 14.4. The van der Waals surface area contributed by atoms with E-state index in [-0.39, 0.29) is 0 Å². The van der Waals surface area contributed by atoms with E-state index in [9.17, 15) is 8.78 Å². The molecule has 1 aliphatic carbocycles. The van der Waals surface area contributed by atoms with Gasteiger partial charge in [-0.1, -0.05) is 25.8 Å². The standard InChI is InChI=1S/C17H25F2N/c1-2-11-20-17(14-5-3-4-6-14)10-8-13-7-9-15(18)12-16(13)19/h7,9,12,14,17,20H,2-6,8,10-11H2,1H3. The van der Waals surface area contributed by atoms with Crippen LogP contribution in [0.25, 0.3) is 0 Å². The highest BCUT2D eigenvalue weighted by atomic mass is 19.1. The van der Waals surface area contributed by atoms with Crippen molar-refractivity contribution in [1.82, 2.24) is 5.32 Å². The number of benzene rings is 1. The third-order valence-electron chi connectivity index (χ3n) is 4.37. The smallest absolute Gasteiger partial charge is 0.129 e. The van der Waals surface area contributed by atoms with Gasteiger partial charge in [-0.25, -0.2) is 8.78 Å². The molecular formula is C17H25F2N. The molecule has 1 N–H and O–H groups in total. The molecule has 1 atom stereocenters. The SMILES string of the molecule is CCCNC(CCc1ccc(F)cc1F)C1CCCC1. The first-order valence-electron chi connectivity index (χ1n) is 7.88. The Morgan fingerprint density at radius 2 is 2.00 bits per heavy atom. The fraction of sp³-hybridized carbons (Fsp3) is 0.647. The van der Waals surface area contributed by atoms with Crippen LogP contribution in [0.15, 0.2) is 18.2 Å².